The third kappa shape index (κ3) is 1.03. The maximum absolute atomic E-state index is 11.0. The fourth-order valence-corrected chi connectivity index (χ4v) is 2.82. The Morgan fingerprint density at radius 3 is 3.08 bits per heavy atom. The average molecular weight is 164 g/mol. The maximum Gasteiger partial charge on any atom is 0.126 e. The van der Waals surface area contributed by atoms with Crippen molar-refractivity contribution in [2.75, 3.05) is 0 Å². The van der Waals surface area contributed by atoms with E-state index in [1.165, 1.54) is 25.5 Å². The van der Waals surface area contributed by atoms with Crippen LogP contribution in [0.2, 0.25) is 0 Å². The van der Waals surface area contributed by atoms with Crippen LogP contribution in [0, 0.1) is 17.3 Å². The maximum atomic E-state index is 11.0. The van der Waals surface area contributed by atoms with Crippen molar-refractivity contribution in [2.45, 2.75) is 32.6 Å². The van der Waals surface area contributed by atoms with Gasteiger partial charge in [0, 0.05) is 5.41 Å². The van der Waals surface area contributed by atoms with Crippen molar-refractivity contribution >= 4 is 6.29 Å². The van der Waals surface area contributed by atoms with E-state index < -0.39 is 0 Å². The van der Waals surface area contributed by atoms with Gasteiger partial charge in [0.15, 0.2) is 0 Å². The number of carbonyl (C=O) groups excluding carboxylic acids is 1. The first-order chi connectivity index (χ1) is 5.76. The van der Waals surface area contributed by atoms with Gasteiger partial charge in [0.2, 0.25) is 0 Å². The molecule has 0 amide bonds. The highest BCUT2D eigenvalue weighted by Crippen LogP contribution is 2.48. The number of hydrogen-bond acceptors (Lipinski definition) is 1. The Kier molecular flexibility index (Phi) is 1.82. The zero-order valence-corrected chi connectivity index (χ0v) is 7.62. The van der Waals surface area contributed by atoms with Crippen LogP contribution in [0.5, 0.6) is 0 Å². The molecule has 3 atom stereocenters. The Hall–Kier alpha value is -0.590. The molecule has 0 aromatic rings. The predicted molar refractivity (Wildman–Crippen MR) is 48.8 cm³/mol. The monoisotopic (exact) mass is 164 g/mol. The number of fused-ring (bicyclic) bond motifs is 1. The summed E-state index contributed by atoms with van der Waals surface area (Å²) in [7, 11) is 0. The first-order valence-corrected chi connectivity index (χ1v) is 4.89. The summed E-state index contributed by atoms with van der Waals surface area (Å²) in [4.78, 5) is 11.0. The normalized spacial score (nSPS) is 45.8. The van der Waals surface area contributed by atoms with E-state index in [-0.39, 0.29) is 5.41 Å². The van der Waals surface area contributed by atoms with Crippen molar-refractivity contribution in [1.82, 2.24) is 0 Å². The Morgan fingerprint density at radius 2 is 2.33 bits per heavy atom. The van der Waals surface area contributed by atoms with Gasteiger partial charge in [-0.25, -0.2) is 0 Å². The molecule has 0 radical (unpaired) electrons. The van der Waals surface area contributed by atoms with Gasteiger partial charge in [-0.2, -0.15) is 0 Å². The molecule has 1 heteroatoms. The fraction of sp³-hybridized carbons (Fsp3) is 0.727. The lowest BCUT2D eigenvalue weighted by atomic mass is 9.68. The molecule has 12 heavy (non-hydrogen) atoms. The number of hydrogen-bond donors (Lipinski definition) is 0. The summed E-state index contributed by atoms with van der Waals surface area (Å²) < 4.78 is 0. The Balaban J connectivity index is 2.27. The zero-order valence-electron chi connectivity index (χ0n) is 7.62. The minimum Gasteiger partial charge on any atom is -0.303 e. The van der Waals surface area contributed by atoms with Gasteiger partial charge < -0.3 is 4.79 Å². The summed E-state index contributed by atoms with van der Waals surface area (Å²) in [6.07, 6.45) is 10.5. The van der Waals surface area contributed by atoms with Gasteiger partial charge in [0.1, 0.15) is 6.29 Å². The molecule has 1 nitrogen and oxygen atoms in total. The second kappa shape index (κ2) is 2.72. The zero-order chi connectivity index (χ0) is 8.60. The topological polar surface area (TPSA) is 17.1 Å². The smallest absolute Gasteiger partial charge is 0.126 e. The number of aldehydes is 1. The molecule has 0 heterocycles. The van der Waals surface area contributed by atoms with E-state index in [0.29, 0.717) is 11.8 Å². The Bertz CT molecular complexity index is 219. The average Bonchev–Trinajstić information content (AvgIpc) is 2.54. The van der Waals surface area contributed by atoms with Gasteiger partial charge in [-0.1, -0.05) is 25.5 Å². The van der Waals surface area contributed by atoms with Crippen molar-refractivity contribution in [2.24, 2.45) is 17.3 Å². The first kappa shape index (κ1) is 8.03. The molecule has 66 valence electrons. The van der Waals surface area contributed by atoms with Crippen LogP contribution in [0.4, 0.5) is 0 Å². The van der Waals surface area contributed by atoms with E-state index in [4.69, 9.17) is 0 Å². The largest absolute Gasteiger partial charge is 0.303 e. The summed E-state index contributed by atoms with van der Waals surface area (Å²) in [5.41, 5.74) is -0.0457. The summed E-state index contributed by atoms with van der Waals surface area (Å²) in [5.74, 6) is 1.34. The molecule has 0 aromatic carbocycles. The van der Waals surface area contributed by atoms with Crippen LogP contribution in [0.1, 0.15) is 32.6 Å². The van der Waals surface area contributed by atoms with Crippen molar-refractivity contribution < 1.29 is 4.79 Å². The molecule has 0 saturated heterocycles. The quantitative estimate of drug-likeness (QED) is 0.430. The van der Waals surface area contributed by atoms with Gasteiger partial charge in [-0.05, 0) is 31.1 Å². The summed E-state index contributed by atoms with van der Waals surface area (Å²) in [6, 6.07) is 0. The Morgan fingerprint density at radius 1 is 1.50 bits per heavy atom. The van der Waals surface area contributed by atoms with Gasteiger partial charge >= 0.3 is 0 Å². The molecular weight excluding hydrogens is 148 g/mol. The lowest BCUT2D eigenvalue weighted by Crippen LogP contribution is -2.33. The van der Waals surface area contributed by atoms with Gasteiger partial charge in [-0.3, -0.25) is 0 Å². The highest BCUT2D eigenvalue weighted by Gasteiger charge is 2.42. The van der Waals surface area contributed by atoms with Gasteiger partial charge in [-0.15, -0.1) is 0 Å². The van der Waals surface area contributed by atoms with Crippen LogP contribution in [0.3, 0.4) is 0 Å². The molecule has 0 spiro atoms. The second-order valence-corrected chi connectivity index (χ2v) is 4.46. The molecule has 2 rings (SSSR count). The summed E-state index contributed by atoms with van der Waals surface area (Å²) in [5, 5.41) is 0. The van der Waals surface area contributed by atoms with E-state index in [1.807, 2.05) is 0 Å². The molecule has 0 unspecified atom stereocenters. The van der Waals surface area contributed by atoms with Crippen molar-refractivity contribution in [3.05, 3.63) is 12.2 Å². The molecule has 2 aliphatic carbocycles. The van der Waals surface area contributed by atoms with Crippen molar-refractivity contribution in [3.63, 3.8) is 0 Å². The third-order valence-corrected chi connectivity index (χ3v) is 3.63. The van der Waals surface area contributed by atoms with Crippen LogP contribution >= 0.6 is 0 Å². The van der Waals surface area contributed by atoms with Crippen LogP contribution in [0.15, 0.2) is 12.2 Å². The number of allylic oxidation sites excluding steroid dienone is 2. The molecule has 0 N–H and O–H groups in total. The fourth-order valence-electron chi connectivity index (χ4n) is 2.82. The molecule has 0 aromatic heterocycles. The molecule has 0 bridgehead atoms. The summed E-state index contributed by atoms with van der Waals surface area (Å²) in [6.45, 7) is 2.12. The lowest BCUT2D eigenvalue weighted by molar-refractivity contribution is -0.118. The lowest BCUT2D eigenvalue weighted by Gasteiger charge is -2.35. The SMILES string of the molecule is C[C@]1(C=O)CC=C[C@H]2CCC[C@@H]21. The molecule has 0 aliphatic heterocycles. The van der Waals surface area contributed by atoms with Gasteiger partial charge in [0.25, 0.3) is 0 Å². The van der Waals surface area contributed by atoms with Crippen LogP contribution < -0.4 is 0 Å². The molecule has 1 saturated carbocycles. The van der Waals surface area contributed by atoms with Gasteiger partial charge in [0.05, 0.1) is 0 Å². The van der Waals surface area contributed by atoms with E-state index >= 15 is 0 Å². The minimum atomic E-state index is -0.0457. The van der Waals surface area contributed by atoms with E-state index in [1.54, 1.807) is 0 Å². The van der Waals surface area contributed by atoms with Crippen LogP contribution in [-0.4, -0.2) is 6.29 Å². The first-order valence-electron chi connectivity index (χ1n) is 4.89. The predicted octanol–water partition coefficient (Wildman–Crippen LogP) is 2.57. The number of rotatable bonds is 1. The standard InChI is InChI=1S/C11H16O/c1-11(8-12)7-3-5-9-4-2-6-10(9)11/h3,5,8-10H,2,4,6-7H2,1H3/t9-,10+,11-/m1/s1. The molecular formula is C11H16O. The Labute approximate surface area is 73.8 Å². The van der Waals surface area contributed by atoms with Crippen LogP contribution in [-0.2, 0) is 4.79 Å². The van der Waals surface area contributed by atoms with Crippen LogP contribution in [0.25, 0.3) is 0 Å². The van der Waals surface area contributed by atoms with E-state index in [0.717, 1.165) is 6.42 Å². The highest BCUT2D eigenvalue weighted by molar-refractivity contribution is 5.60. The van der Waals surface area contributed by atoms with E-state index in [2.05, 4.69) is 19.1 Å². The third-order valence-electron chi connectivity index (χ3n) is 3.63. The minimum absolute atomic E-state index is 0.0457. The number of carbonyl (C=O) groups is 1. The molecule has 2 aliphatic rings. The van der Waals surface area contributed by atoms with Crippen molar-refractivity contribution in [1.29, 1.82) is 0 Å². The second-order valence-electron chi connectivity index (χ2n) is 4.46. The highest BCUT2D eigenvalue weighted by atomic mass is 16.1. The molecule has 1 fully saturated rings. The van der Waals surface area contributed by atoms with E-state index in [9.17, 15) is 4.79 Å². The summed E-state index contributed by atoms with van der Waals surface area (Å²) >= 11 is 0. The van der Waals surface area contributed by atoms with Crippen molar-refractivity contribution in [3.8, 4) is 0 Å².